The van der Waals surface area contributed by atoms with Gasteiger partial charge in [-0.05, 0) is 24.6 Å². The molecular weight excluding hydrogens is 190 g/mol. The van der Waals surface area contributed by atoms with E-state index in [-0.39, 0.29) is 12.2 Å². The summed E-state index contributed by atoms with van der Waals surface area (Å²) in [5.74, 6) is -2.62. The first-order valence-electron chi connectivity index (χ1n) is 4.04. The first-order chi connectivity index (χ1) is 6.56. The van der Waals surface area contributed by atoms with Crippen LogP contribution in [0.2, 0.25) is 0 Å². The molecule has 1 aromatic rings. The Morgan fingerprint density at radius 1 is 1.43 bits per heavy atom. The van der Waals surface area contributed by atoms with Crippen LogP contribution >= 0.6 is 0 Å². The highest BCUT2D eigenvalue weighted by Crippen LogP contribution is 2.16. The molecule has 0 atom stereocenters. The zero-order chi connectivity index (χ0) is 10.7. The molecule has 0 spiro atoms. The zero-order valence-electron chi connectivity index (χ0n) is 7.93. The van der Waals surface area contributed by atoms with Gasteiger partial charge in [-0.2, -0.15) is 0 Å². The molecule has 2 nitrogen and oxygen atoms in total. The molecule has 1 aromatic carbocycles. The SMILES string of the molecule is COCc1cc(F)c(F)c(C(C)=O)c1. The Kier molecular flexibility index (Phi) is 3.30. The molecule has 0 saturated carbocycles. The van der Waals surface area contributed by atoms with Crippen molar-refractivity contribution in [1.29, 1.82) is 0 Å². The summed E-state index contributed by atoms with van der Waals surface area (Å²) in [6.07, 6.45) is 0. The molecule has 0 fully saturated rings. The summed E-state index contributed by atoms with van der Waals surface area (Å²) in [5, 5.41) is 0. The molecule has 0 aliphatic carbocycles. The fraction of sp³-hybridized carbons (Fsp3) is 0.300. The Hall–Kier alpha value is -1.29. The van der Waals surface area contributed by atoms with Crippen LogP contribution in [-0.4, -0.2) is 12.9 Å². The smallest absolute Gasteiger partial charge is 0.169 e. The van der Waals surface area contributed by atoms with Gasteiger partial charge >= 0.3 is 0 Å². The molecular formula is C10H10F2O2. The standard InChI is InChI=1S/C10H10F2O2/c1-6(13)8-3-7(5-14-2)4-9(11)10(8)12/h3-4H,5H2,1-2H3. The van der Waals surface area contributed by atoms with Crippen molar-refractivity contribution in [2.75, 3.05) is 7.11 Å². The van der Waals surface area contributed by atoms with Gasteiger partial charge in [0.1, 0.15) is 0 Å². The quantitative estimate of drug-likeness (QED) is 0.700. The van der Waals surface area contributed by atoms with E-state index in [1.54, 1.807) is 0 Å². The van der Waals surface area contributed by atoms with Crippen molar-refractivity contribution < 1.29 is 18.3 Å². The summed E-state index contributed by atoms with van der Waals surface area (Å²) in [5.41, 5.74) is 0.202. The number of methoxy groups -OCH3 is 1. The van der Waals surface area contributed by atoms with Crippen molar-refractivity contribution in [2.24, 2.45) is 0 Å². The number of ketones is 1. The van der Waals surface area contributed by atoms with Crippen LogP contribution in [0.5, 0.6) is 0 Å². The van der Waals surface area contributed by atoms with E-state index >= 15 is 0 Å². The largest absolute Gasteiger partial charge is 0.380 e. The number of Topliss-reactive ketones (excluding diaryl/α,β-unsaturated/α-hetero) is 1. The van der Waals surface area contributed by atoms with E-state index in [1.165, 1.54) is 20.1 Å². The monoisotopic (exact) mass is 200 g/mol. The van der Waals surface area contributed by atoms with Crippen LogP contribution in [0.15, 0.2) is 12.1 Å². The third-order valence-corrected chi connectivity index (χ3v) is 1.78. The molecule has 0 aromatic heterocycles. The third-order valence-electron chi connectivity index (χ3n) is 1.78. The van der Waals surface area contributed by atoms with Crippen LogP contribution in [0.4, 0.5) is 8.78 Å². The van der Waals surface area contributed by atoms with Gasteiger partial charge < -0.3 is 4.74 Å². The van der Waals surface area contributed by atoms with Crippen molar-refractivity contribution in [2.45, 2.75) is 13.5 Å². The molecule has 0 amide bonds. The molecule has 0 N–H and O–H groups in total. The van der Waals surface area contributed by atoms with Gasteiger partial charge in [-0.15, -0.1) is 0 Å². The molecule has 0 heterocycles. The number of hydrogen-bond acceptors (Lipinski definition) is 2. The average Bonchev–Trinajstić information content (AvgIpc) is 2.11. The lowest BCUT2D eigenvalue weighted by Crippen LogP contribution is -2.02. The molecule has 0 unspecified atom stereocenters. The Morgan fingerprint density at radius 3 is 2.57 bits per heavy atom. The molecule has 0 saturated heterocycles. The Balaban J connectivity index is 3.21. The fourth-order valence-electron chi connectivity index (χ4n) is 1.15. The number of rotatable bonds is 3. The van der Waals surface area contributed by atoms with Crippen molar-refractivity contribution in [1.82, 2.24) is 0 Å². The molecule has 76 valence electrons. The van der Waals surface area contributed by atoms with E-state index in [0.717, 1.165) is 6.07 Å². The minimum absolute atomic E-state index is 0.150. The molecule has 0 aliphatic heterocycles. The van der Waals surface area contributed by atoms with Crippen LogP contribution in [0.1, 0.15) is 22.8 Å². The van der Waals surface area contributed by atoms with Gasteiger partial charge in [0.2, 0.25) is 0 Å². The Morgan fingerprint density at radius 2 is 2.07 bits per heavy atom. The Bertz CT molecular complexity index is 361. The first-order valence-corrected chi connectivity index (χ1v) is 4.04. The van der Waals surface area contributed by atoms with Gasteiger partial charge in [0.05, 0.1) is 12.2 Å². The van der Waals surface area contributed by atoms with Gasteiger partial charge in [-0.25, -0.2) is 8.78 Å². The predicted octanol–water partition coefficient (Wildman–Crippen LogP) is 2.31. The van der Waals surface area contributed by atoms with Gasteiger partial charge in [-0.3, -0.25) is 4.79 Å². The van der Waals surface area contributed by atoms with Gasteiger partial charge in [0, 0.05) is 7.11 Å². The van der Waals surface area contributed by atoms with Crippen molar-refractivity contribution in [3.05, 3.63) is 34.9 Å². The molecule has 0 radical (unpaired) electrons. The zero-order valence-corrected chi connectivity index (χ0v) is 7.93. The van der Waals surface area contributed by atoms with Crippen molar-refractivity contribution >= 4 is 5.78 Å². The van der Waals surface area contributed by atoms with Gasteiger partial charge in [-0.1, -0.05) is 0 Å². The minimum Gasteiger partial charge on any atom is -0.380 e. The second kappa shape index (κ2) is 4.28. The normalized spacial score (nSPS) is 10.3. The molecule has 4 heteroatoms. The second-order valence-electron chi connectivity index (χ2n) is 2.93. The highest BCUT2D eigenvalue weighted by molar-refractivity contribution is 5.94. The molecule has 0 bridgehead atoms. The summed E-state index contributed by atoms with van der Waals surface area (Å²) in [7, 11) is 1.44. The number of halogens is 2. The lowest BCUT2D eigenvalue weighted by Gasteiger charge is -2.04. The van der Waals surface area contributed by atoms with Crippen molar-refractivity contribution in [3.8, 4) is 0 Å². The summed E-state index contributed by atoms with van der Waals surface area (Å²) in [4.78, 5) is 10.9. The van der Waals surface area contributed by atoms with Crippen LogP contribution in [0, 0.1) is 11.6 Å². The first kappa shape index (κ1) is 10.8. The van der Waals surface area contributed by atoms with E-state index in [1.807, 2.05) is 0 Å². The maximum atomic E-state index is 13.0. The van der Waals surface area contributed by atoms with Gasteiger partial charge in [0.15, 0.2) is 17.4 Å². The number of hydrogen-bond donors (Lipinski definition) is 0. The fourth-order valence-corrected chi connectivity index (χ4v) is 1.15. The van der Waals surface area contributed by atoms with Gasteiger partial charge in [0.25, 0.3) is 0 Å². The van der Waals surface area contributed by atoms with Crippen LogP contribution in [0.3, 0.4) is 0 Å². The number of carbonyl (C=O) groups is 1. The summed E-state index contributed by atoms with van der Waals surface area (Å²) in [6.45, 7) is 1.34. The highest BCUT2D eigenvalue weighted by Gasteiger charge is 2.13. The second-order valence-corrected chi connectivity index (χ2v) is 2.93. The lowest BCUT2D eigenvalue weighted by molar-refractivity contribution is 0.101. The van der Waals surface area contributed by atoms with E-state index in [4.69, 9.17) is 4.74 Å². The summed E-state index contributed by atoms with van der Waals surface area (Å²) in [6, 6.07) is 2.32. The summed E-state index contributed by atoms with van der Waals surface area (Å²) >= 11 is 0. The predicted molar refractivity (Wildman–Crippen MR) is 47.1 cm³/mol. The molecule has 1 rings (SSSR count). The lowest BCUT2D eigenvalue weighted by atomic mass is 10.1. The van der Waals surface area contributed by atoms with E-state index < -0.39 is 17.4 Å². The number of ether oxygens (including phenoxy) is 1. The summed E-state index contributed by atoms with van der Waals surface area (Å²) < 4.78 is 30.7. The highest BCUT2D eigenvalue weighted by atomic mass is 19.2. The van der Waals surface area contributed by atoms with Crippen LogP contribution in [-0.2, 0) is 11.3 Å². The van der Waals surface area contributed by atoms with Crippen LogP contribution in [0.25, 0.3) is 0 Å². The third kappa shape index (κ3) is 2.14. The minimum atomic E-state index is -1.10. The topological polar surface area (TPSA) is 26.3 Å². The van der Waals surface area contributed by atoms with E-state index in [9.17, 15) is 13.6 Å². The van der Waals surface area contributed by atoms with E-state index in [0.29, 0.717) is 5.56 Å². The van der Waals surface area contributed by atoms with E-state index in [2.05, 4.69) is 0 Å². The number of benzene rings is 1. The molecule has 14 heavy (non-hydrogen) atoms. The Labute approximate surface area is 80.5 Å². The van der Waals surface area contributed by atoms with Crippen molar-refractivity contribution in [3.63, 3.8) is 0 Å². The maximum absolute atomic E-state index is 13.0. The van der Waals surface area contributed by atoms with Crippen LogP contribution < -0.4 is 0 Å². The molecule has 0 aliphatic rings. The maximum Gasteiger partial charge on any atom is 0.169 e. The average molecular weight is 200 g/mol. The number of carbonyl (C=O) groups excluding carboxylic acids is 1.